The Bertz CT molecular complexity index is 710. The number of carbonyl (C=O) groups excluding carboxylic acids is 1. The number of amides is 1. The number of carbonyl (C=O) groups is 1. The van der Waals surface area contributed by atoms with Crippen LogP contribution in [0, 0.1) is 0 Å². The van der Waals surface area contributed by atoms with Crippen molar-refractivity contribution in [3.05, 3.63) is 30.0 Å². The average molecular weight is 330 g/mol. The van der Waals surface area contributed by atoms with Gasteiger partial charge in [0, 0.05) is 18.7 Å². The second-order valence-corrected chi connectivity index (χ2v) is 5.52. The van der Waals surface area contributed by atoms with E-state index in [0.717, 1.165) is 30.9 Å². The number of rotatable bonds is 7. The molecule has 0 spiro atoms. The fourth-order valence-electron chi connectivity index (χ4n) is 2.60. The van der Waals surface area contributed by atoms with Crippen molar-refractivity contribution in [2.45, 2.75) is 13.8 Å². The minimum atomic E-state index is -0.151. The summed E-state index contributed by atoms with van der Waals surface area (Å²) in [5.74, 6) is 1.27. The van der Waals surface area contributed by atoms with Gasteiger partial charge in [-0.3, -0.25) is 9.89 Å². The van der Waals surface area contributed by atoms with Crippen LogP contribution in [-0.2, 0) is 0 Å². The Kier molecular flexibility index (Phi) is 5.00. The van der Waals surface area contributed by atoms with Crippen LogP contribution in [0.25, 0.3) is 11.3 Å². The highest BCUT2D eigenvalue weighted by atomic mass is 16.7. The Morgan fingerprint density at radius 2 is 2.04 bits per heavy atom. The maximum Gasteiger partial charge on any atom is 0.269 e. The second kappa shape index (κ2) is 7.35. The van der Waals surface area contributed by atoms with E-state index in [9.17, 15) is 4.79 Å². The molecule has 128 valence electrons. The molecule has 0 fully saturated rings. The normalized spacial score (nSPS) is 12.6. The number of nitrogens with zero attached hydrogens (tertiary/aromatic N) is 2. The lowest BCUT2D eigenvalue weighted by atomic mass is 10.1. The van der Waals surface area contributed by atoms with Crippen molar-refractivity contribution in [2.24, 2.45) is 0 Å². The molecule has 1 aliphatic rings. The average Bonchev–Trinajstić information content (AvgIpc) is 3.26. The molecule has 2 N–H and O–H groups in total. The quantitative estimate of drug-likeness (QED) is 0.810. The number of hydrogen-bond donors (Lipinski definition) is 2. The van der Waals surface area contributed by atoms with E-state index in [2.05, 4.69) is 34.3 Å². The minimum absolute atomic E-state index is 0.151. The molecule has 0 saturated carbocycles. The minimum Gasteiger partial charge on any atom is -0.454 e. The number of aromatic amines is 1. The van der Waals surface area contributed by atoms with E-state index >= 15 is 0 Å². The van der Waals surface area contributed by atoms with Gasteiger partial charge in [-0.25, -0.2) is 0 Å². The van der Waals surface area contributed by atoms with E-state index in [1.807, 2.05) is 18.2 Å². The number of likely N-dealkylation sites (N-methyl/N-ethyl adjacent to an activating group) is 1. The Morgan fingerprint density at radius 3 is 2.83 bits per heavy atom. The topological polar surface area (TPSA) is 79.5 Å². The van der Waals surface area contributed by atoms with Crippen molar-refractivity contribution >= 4 is 5.91 Å². The third kappa shape index (κ3) is 3.51. The molecule has 0 saturated heterocycles. The fraction of sp³-hybridized carbons (Fsp3) is 0.412. The maximum atomic E-state index is 12.2. The van der Waals surface area contributed by atoms with Gasteiger partial charge in [-0.2, -0.15) is 5.10 Å². The van der Waals surface area contributed by atoms with Crippen LogP contribution in [0.3, 0.4) is 0 Å². The molecule has 0 aliphatic carbocycles. The fourth-order valence-corrected chi connectivity index (χ4v) is 2.60. The van der Waals surface area contributed by atoms with Gasteiger partial charge in [0.05, 0.1) is 5.69 Å². The highest BCUT2D eigenvalue weighted by Gasteiger charge is 2.16. The smallest absolute Gasteiger partial charge is 0.269 e. The number of hydrogen-bond acceptors (Lipinski definition) is 5. The van der Waals surface area contributed by atoms with E-state index < -0.39 is 0 Å². The predicted molar refractivity (Wildman–Crippen MR) is 90.3 cm³/mol. The SMILES string of the molecule is CCN(CC)CCNC(=O)c1cc(-c2ccc3c(c2)OCO3)n[nH]1. The van der Waals surface area contributed by atoms with Crippen LogP contribution in [0.2, 0.25) is 0 Å². The molecule has 3 rings (SSSR count). The van der Waals surface area contributed by atoms with Gasteiger partial charge < -0.3 is 19.7 Å². The van der Waals surface area contributed by atoms with E-state index in [1.54, 1.807) is 6.07 Å². The van der Waals surface area contributed by atoms with Crippen LogP contribution < -0.4 is 14.8 Å². The lowest BCUT2D eigenvalue weighted by Gasteiger charge is -2.17. The summed E-state index contributed by atoms with van der Waals surface area (Å²) < 4.78 is 10.7. The van der Waals surface area contributed by atoms with Gasteiger partial charge >= 0.3 is 0 Å². The van der Waals surface area contributed by atoms with Crippen molar-refractivity contribution < 1.29 is 14.3 Å². The molecular weight excluding hydrogens is 308 g/mol. The van der Waals surface area contributed by atoms with Gasteiger partial charge in [0.2, 0.25) is 6.79 Å². The number of ether oxygens (including phenoxy) is 2. The van der Waals surface area contributed by atoms with Crippen LogP contribution >= 0.6 is 0 Å². The van der Waals surface area contributed by atoms with Crippen molar-refractivity contribution in [1.29, 1.82) is 0 Å². The summed E-state index contributed by atoms with van der Waals surface area (Å²) in [7, 11) is 0. The van der Waals surface area contributed by atoms with E-state index in [4.69, 9.17) is 9.47 Å². The summed E-state index contributed by atoms with van der Waals surface area (Å²) in [6.07, 6.45) is 0. The van der Waals surface area contributed by atoms with Gasteiger partial charge in [0.25, 0.3) is 5.91 Å². The molecule has 1 amide bonds. The molecule has 7 heteroatoms. The standard InChI is InChI=1S/C17H22N4O3/c1-3-21(4-2)8-7-18-17(22)14-10-13(19-20-14)12-5-6-15-16(9-12)24-11-23-15/h5-6,9-10H,3-4,7-8,11H2,1-2H3,(H,18,22)(H,19,20). The first-order chi connectivity index (χ1) is 11.7. The summed E-state index contributed by atoms with van der Waals surface area (Å²) in [5.41, 5.74) is 2.02. The zero-order valence-electron chi connectivity index (χ0n) is 14.0. The third-order valence-corrected chi connectivity index (χ3v) is 4.10. The number of H-pyrrole nitrogens is 1. The Balaban J connectivity index is 1.62. The lowest BCUT2D eigenvalue weighted by molar-refractivity contribution is 0.0944. The van der Waals surface area contributed by atoms with Crippen LogP contribution in [0.15, 0.2) is 24.3 Å². The summed E-state index contributed by atoms with van der Waals surface area (Å²) in [5, 5.41) is 9.91. The molecule has 0 radical (unpaired) electrons. The van der Waals surface area contributed by atoms with E-state index in [0.29, 0.717) is 23.7 Å². The lowest BCUT2D eigenvalue weighted by Crippen LogP contribution is -2.34. The van der Waals surface area contributed by atoms with Crippen molar-refractivity contribution in [2.75, 3.05) is 33.0 Å². The summed E-state index contributed by atoms with van der Waals surface area (Å²) in [6.45, 7) is 7.85. The van der Waals surface area contributed by atoms with E-state index in [-0.39, 0.29) is 12.7 Å². The molecule has 2 aromatic rings. The van der Waals surface area contributed by atoms with Crippen LogP contribution in [0.4, 0.5) is 0 Å². The number of aromatic nitrogens is 2. The van der Waals surface area contributed by atoms with Crippen molar-refractivity contribution in [1.82, 2.24) is 20.4 Å². The molecule has 0 bridgehead atoms. The van der Waals surface area contributed by atoms with Crippen molar-refractivity contribution in [3.8, 4) is 22.8 Å². The Labute approximate surface area is 140 Å². The number of fused-ring (bicyclic) bond motifs is 1. The van der Waals surface area contributed by atoms with Crippen LogP contribution in [0.5, 0.6) is 11.5 Å². The molecule has 0 atom stereocenters. The molecule has 0 unspecified atom stereocenters. The first-order valence-electron chi connectivity index (χ1n) is 8.17. The van der Waals surface area contributed by atoms with Crippen LogP contribution in [-0.4, -0.2) is 54.0 Å². The zero-order valence-corrected chi connectivity index (χ0v) is 14.0. The molecule has 1 aliphatic heterocycles. The molecule has 7 nitrogen and oxygen atoms in total. The van der Waals surface area contributed by atoms with Gasteiger partial charge in [-0.15, -0.1) is 0 Å². The first-order valence-corrected chi connectivity index (χ1v) is 8.17. The third-order valence-electron chi connectivity index (χ3n) is 4.10. The second-order valence-electron chi connectivity index (χ2n) is 5.52. The largest absolute Gasteiger partial charge is 0.454 e. The monoisotopic (exact) mass is 330 g/mol. The maximum absolute atomic E-state index is 12.2. The van der Waals surface area contributed by atoms with Crippen molar-refractivity contribution in [3.63, 3.8) is 0 Å². The molecular formula is C17H22N4O3. The number of nitrogens with one attached hydrogen (secondary N) is 2. The summed E-state index contributed by atoms with van der Waals surface area (Å²) in [4.78, 5) is 14.4. The van der Waals surface area contributed by atoms with Gasteiger partial charge in [0.15, 0.2) is 11.5 Å². The Hall–Kier alpha value is -2.54. The highest BCUT2D eigenvalue weighted by Crippen LogP contribution is 2.35. The molecule has 2 heterocycles. The molecule has 1 aromatic heterocycles. The zero-order chi connectivity index (χ0) is 16.9. The predicted octanol–water partition coefficient (Wildman–Crippen LogP) is 1.88. The summed E-state index contributed by atoms with van der Waals surface area (Å²) >= 11 is 0. The molecule has 24 heavy (non-hydrogen) atoms. The van der Waals surface area contributed by atoms with Gasteiger partial charge in [0.1, 0.15) is 5.69 Å². The van der Waals surface area contributed by atoms with Gasteiger partial charge in [-0.05, 0) is 37.4 Å². The van der Waals surface area contributed by atoms with Gasteiger partial charge in [-0.1, -0.05) is 13.8 Å². The number of benzene rings is 1. The Morgan fingerprint density at radius 1 is 1.25 bits per heavy atom. The summed E-state index contributed by atoms with van der Waals surface area (Å²) in [6, 6.07) is 7.34. The van der Waals surface area contributed by atoms with Crippen LogP contribution in [0.1, 0.15) is 24.3 Å². The molecule has 1 aromatic carbocycles. The van der Waals surface area contributed by atoms with E-state index in [1.165, 1.54) is 0 Å². The highest BCUT2D eigenvalue weighted by molar-refractivity contribution is 5.93. The first kappa shape index (κ1) is 16.3.